The summed E-state index contributed by atoms with van der Waals surface area (Å²) < 4.78 is 22.7. The van der Waals surface area contributed by atoms with Gasteiger partial charge in [-0.05, 0) is 36.4 Å². The lowest BCUT2D eigenvalue weighted by Crippen LogP contribution is -2.12. The molecule has 2 aromatic rings. The summed E-state index contributed by atoms with van der Waals surface area (Å²) in [6.45, 7) is 0. The van der Waals surface area contributed by atoms with Gasteiger partial charge in [0.05, 0.1) is 4.90 Å². The number of benzene rings is 1. The molecule has 0 saturated carbocycles. The van der Waals surface area contributed by atoms with Crippen molar-refractivity contribution in [3.8, 4) is 0 Å². The molecular weight excluding hydrogens is 290 g/mol. The van der Waals surface area contributed by atoms with Gasteiger partial charge in [-0.3, -0.25) is 4.79 Å². The van der Waals surface area contributed by atoms with Crippen LogP contribution in [-0.2, 0) is 9.84 Å². The Morgan fingerprint density at radius 2 is 1.81 bits per heavy atom. The molecule has 2 rings (SSSR count). The third kappa shape index (κ3) is 3.79. The Labute approximate surface area is 123 Å². The van der Waals surface area contributed by atoms with Gasteiger partial charge in [0, 0.05) is 30.8 Å². The van der Waals surface area contributed by atoms with Crippen LogP contribution in [0, 0.1) is 0 Å². The molecule has 1 aromatic carbocycles. The predicted octanol–water partition coefficient (Wildman–Crippen LogP) is 1.78. The van der Waals surface area contributed by atoms with E-state index in [4.69, 9.17) is 0 Å². The van der Waals surface area contributed by atoms with Crippen LogP contribution in [0.1, 0.15) is 10.4 Å². The maximum atomic E-state index is 12.1. The Bertz CT molecular complexity index is 755. The fourth-order valence-corrected chi connectivity index (χ4v) is 2.33. The normalized spacial score (nSPS) is 11.0. The van der Waals surface area contributed by atoms with Crippen molar-refractivity contribution in [2.75, 3.05) is 23.9 Å². The zero-order valence-corrected chi connectivity index (χ0v) is 12.4. The summed E-state index contributed by atoms with van der Waals surface area (Å²) in [4.78, 5) is 16.3. The lowest BCUT2D eigenvalue weighted by atomic mass is 10.2. The quantitative estimate of drug-likeness (QED) is 0.899. The summed E-state index contributed by atoms with van der Waals surface area (Å²) >= 11 is 0. The fraction of sp³-hybridized carbons (Fsp3) is 0.143. The Morgan fingerprint density at radius 3 is 2.38 bits per heavy atom. The molecule has 0 radical (unpaired) electrons. The number of nitrogens with one attached hydrogen (secondary N) is 2. The number of amides is 1. The fourth-order valence-electron chi connectivity index (χ4n) is 1.70. The van der Waals surface area contributed by atoms with Gasteiger partial charge in [-0.1, -0.05) is 0 Å². The highest BCUT2D eigenvalue weighted by atomic mass is 32.2. The molecule has 0 bridgehead atoms. The maximum Gasteiger partial charge on any atom is 0.255 e. The molecule has 2 N–H and O–H groups in total. The number of anilines is 2. The second-order valence-corrected chi connectivity index (χ2v) is 6.45. The molecule has 0 saturated heterocycles. The first-order valence-corrected chi connectivity index (χ1v) is 8.04. The SMILES string of the molecule is CNc1cc(C(=O)Nc2ccc(S(C)(=O)=O)cc2)ccn1. The molecule has 0 aliphatic rings. The van der Waals surface area contributed by atoms with E-state index in [1.807, 2.05) is 0 Å². The first-order valence-electron chi connectivity index (χ1n) is 6.15. The van der Waals surface area contributed by atoms with Gasteiger partial charge >= 0.3 is 0 Å². The van der Waals surface area contributed by atoms with Crippen LogP contribution in [0.3, 0.4) is 0 Å². The number of carbonyl (C=O) groups is 1. The summed E-state index contributed by atoms with van der Waals surface area (Å²) in [5.41, 5.74) is 0.983. The number of aromatic nitrogens is 1. The number of nitrogens with zero attached hydrogens (tertiary/aromatic N) is 1. The largest absolute Gasteiger partial charge is 0.373 e. The van der Waals surface area contributed by atoms with Gasteiger partial charge in [-0.2, -0.15) is 0 Å². The number of hydrogen-bond acceptors (Lipinski definition) is 5. The van der Waals surface area contributed by atoms with Gasteiger partial charge in [0.15, 0.2) is 9.84 Å². The summed E-state index contributed by atoms with van der Waals surface area (Å²) in [6.07, 6.45) is 2.67. The van der Waals surface area contributed by atoms with Crippen molar-refractivity contribution < 1.29 is 13.2 Å². The van der Waals surface area contributed by atoms with Crippen LogP contribution >= 0.6 is 0 Å². The first kappa shape index (κ1) is 15.0. The van der Waals surface area contributed by atoms with E-state index in [0.717, 1.165) is 6.26 Å². The van der Waals surface area contributed by atoms with Crippen LogP contribution in [0.5, 0.6) is 0 Å². The smallest absolute Gasteiger partial charge is 0.255 e. The number of hydrogen-bond donors (Lipinski definition) is 2. The van der Waals surface area contributed by atoms with E-state index in [-0.39, 0.29) is 10.8 Å². The molecule has 1 aromatic heterocycles. The van der Waals surface area contributed by atoms with Gasteiger partial charge < -0.3 is 10.6 Å². The lowest BCUT2D eigenvalue weighted by molar-refractivity contribution is 0.102. The van der Waals surface area contributed by atoms with Crippen molar-refractivity contribution in [3.63, 3.8) is 0 Å². The van der Waals surface area contributed by atoms with Crippen LogP contribution in [0.4, 0.5) is 11.5 Å². The van der Waals surface area contributed by atoms with Crippen LogP contribution in [0.2, 0.25) is 0 Å². The highest BCUT2D eigenvalue weighted by Gasteiger charge is 2.09. The molecule has 1 amide bonds. The standard InChI is InChI=1S/C14H15N3O3S/c1-15-13-9-10(7-8-16-13)14(18)17-11-3-5-12(6-4-11)21(2,19)20/h3-9H,1-2H3,(H,15,16)(H,17,18). The Morgan fingerprint density at radius 1 is 1.14 bits per heavy atom. The molecule has 7 heteroatoms. The third-order valence-electron chi connectivity index (χ3n) is 2.82. The maximum absolute atomic E-state index is 12.1. The Balaban J connectivity index is 2.16. The van der Waals surface area contributed by atoms with Crippen molar-refractivity contribution in [1.82, 2.24) is 4.98 Å². The van der Waals surface area contributed by atoms with Crippen molar-refractivity contribution in [2.45, 2.75) is 4.90 Å². The summed E-state index contributed by atoms with van der Waals surface area (Å²) in [7, 11) is -1.52. The molecular formula is C14H15N3O3S. The zero-order valence-electron chi connectivity index (χ0n) is 11.6. The average Bonchev–Trinajstić information content (AvgIpc) is 2.47. The number of sulfone groups is 1. The second kappa shape index (κ2) is 5.92. The molecule has 0 unspecified atom stereocenters. The molecule has 21 heavy (non-hydrogen) atoms. The predicted molar refractivity (Wildman–Crippen MR) is 81.3 cm³/mol. The van der Waals surface area contributed by atoms with Crippen LogP contribution in [0.25, 0.3) is 0 Å². The Kier molecular flexibility index (Phi) is 4.23. The van der Waals surface area contributed by atoms with Gasteiger partial charge in [0.1, 0.15) is 5.82 Å². The molecule has 1 heterocycles. The number of pyridine rings is 1. The van der Waals surface area contributed by atoms with Crippen LogP contribution in [-0.4, -0.2) is 32.6 Å². The van der Waals surface area contributed by atoms with E-state index in [0.29, 0.717) is 17.1 Å². The molecule has 0 fully saturated rings. The highest BCUT2D eigenvalue weighted by molar-refractivity contribution is 7.90. The van der Waals surface area contributed by atoms with E-state index in [9.17, 15) is 13.2 Å². The minimum atomic E-state index is -3.24. The summed E-state index contributed by atoms with van der Waals surface area (Å²) in [6, 6.07) is 9.23. The van der Waals surface area contributed by atoms with Crippen molar-refractivity contribution >= 4 is 27.2 Å². The minimum Gasteiger partial charge on any atom is -0.373 e. The molecule has 110 valence electrons. The van der Waals surface area contributed by atoms with E-state index in [2.05, 4.69) is 15.6 Å². The third-order valence-corrected chi connectivity index (χ3v) is 3.95. The molecule has 6 nitrogen and oxygen atoms in total. The monoisotopic (exact) mass is 305 g/mol. The average molecular weight is 305 g/mol. The topological polar surface area (TPSA) is 88.2 Å². The van der Waals surface area contributed by atoms with Crippen LogP contribution in [0.15, 0.2) is 47.5 Å². The lowest BCUT2D eigenvalue weighted by Gasteiger charge is -2.07. The van der Waals surface area contributed by atoms with E-state index in [1.165, 1.54) is 18.3 Å². The highest BCUT2D eigenvalue weighted by Crippen LogP contribution is 2.15. The van der Waals surface area contributed by atoms with E-state index >= 15 is 0 Å². The molecule has 0 spiro atoms. The van der Waals surface area contributed by atoms with Crippen molar-refractivity contribution in [3.05, 3.63) is 48.2 Å². The number of rotatable bonds is 4. The number of carbonyl (C=O) groups excluding carboxylic acids is 1. The van der Waals surface area contributed by atoms with E-state index in [1.54, 1.807) is 31.3 Å². The molecule has 0 atom stereocenters. The Hall–Kier alpha value is -2.41. The van der Waals surface area contributed by atoms with Crippen LogP contribution < -0.4 is 10.6 Å². The minimum absolute atomic E-state index is 0.210. The van der Waals surface area contributed by atoms with Crippen molar-refractivity contribution in [1.29, 1.82) is 0 Å². The summed E-state index contributed by atoms with van der Waals surface area (Å²) in [5, 5.41) is 5.55. The summed E-state index contributed by atoms with van der Waals surface area (Å²) in [5.74, 6) is 0.302. The van der Waals surface area contributed by atoms with Gasteiger partial charge in [0.2, 0.25) is 0 Å². The van der Waals surface area contributed by atoms with E-state index < -0.39 is 9.84 Å². The van der Waals surface area contributed by atoms with Gasteiger partial charge in [-0.25, -0.2) is 13.4 Å². The zero-order chi connectivity index (χ0) is 15.5. The molecule has 0 aliphatic heterocycles. The molecule has 0 aliphatic carbocycles. The van der Waals surface area contributed by atoms with Crippen molar-refractivity contribution in [2.24, 2.45) is 0 Å². The van der Waals surface area contributed by atoms with Gasteiger partial charge in [0.25, 0.3) is 5.91 Å². The first-order chi connectivity index (χ1) is 9.90. The second-order valence-electron chi connectivity index (χ2n) is 4.43. The van der Waals surface area contributed by atoms with Gasteiger partial charge in [-0.15, -0.1) is 0 Å².